The molecule has 0 aliphatic heterocycles. The molecule has 6 nitrogen and oxygen atoms in total. The van der Waals surface area contributed by atoms with Crippen LogP contribution in [0.25, 0.3) is 0 Å². The molecule has 0 radical (unpaired) electrons. The van der Waals surface area contributed by atoms with E-state index >= 15 is 0 Å². The SMILES string of the molecule is CCn1nc(Br)c(CS(=O)(=O)c2ccc(C)cn2)n1. The zero-order chi connectivity index (χ0) is 14.0. The van der Waals surface area contributed by atoms with Crippen molar-refractivity contribution in [3.63, 3.8) is 0 Å². The van der Waals surface area contributed by atoms with Gasteiger partial charge in [0.15, 0.2) is 9.63 Å². The Morgan fingerprint density at radius 3 is 2.58 bits per heavy atom. The van der Waals surface area contributed by atoms with E-state index in [4.69, 9.17) is 0 Å². The molecule has 102 valence electrons. The molecule has 0 saturated heterocycles. The molecule has 2 heterocycles. The third-order valence-corrected chi connectivity index (χ3v) is 4.64. The van der Waals surface area contributed by atoms with Crippen LogP contribution >= 0.6 is 15.9 Å². The third kappa shape index (κ3) is 3.19. The maximum absolute atomic E-state index is 12.2. The molecule has 0 saturated carbocycles. The maximum Gasteiger partial charge on any atom is 0.201 e. The number of pyridine rings is 1. The molecule has 0 spiro atoms. The Hall–Kier alpha value is -1.28. The molecule has 8 heteroatoms. The summed E-state index contributed by atoms with van der Waals surface area (Å²) in [6, 6.07) is 3.22. The van der Waals surface area contributed by atoms with E-state index in [1.165, 1.54) is 17.1 Å². The first-order valence-corrected chi connectivity index (χ1v) is 8.12. The Labute approximate surface area is 119 Å². The van der Waals surface area contributed by atoms with Gasteiger partial charge in [-0.05, 0) is 41.4 Å². The van der Waals surface area contributed by atoms with Crippen molar-refractivity contribution in [1.82, 2.24) is 20.0 Å². The van der Waals surface area contributed by atoms with E-state index in [0.717, 1.165) is 5.56 Å². The summed E-state index contributed by atoms with van der Waals surface area (Å²) >= 11 is 3.22. The van der Waals surface area contributed by atoms with Crippen molar-refractivity contribution in [2.24, 2.45) is 0 Å². The number of hydrogen-bond acceptors (Lipinski definition) is 5. The molecule has 2 aromatic rings. The summed E-state index contributed by atoms with van der Waals surface area (Å²) in [6.45, 7) is 4.32. The van der Waals surface area contributed by atoms with E-state index in [1.807, 2.05) is 13.8 Å². The number of nitrogens with zero attached hydrogens (tertiary/aromatic N) is 4. The molecule has 0 amide bonds. The van der Waals surface area contributed by atoms with E-state index in [-0.39, 0.29) is 10.8 Å². The van der Waals surface area contributed by atoms with Gasteiger partial charge in [-0.3, -0.25) is 0 Å². The number of aryl methyl sites for hydroxylation is 2. The van der Waals surface area contributed by atoms with Gasteiger partial charge >= 0.3 is 0 Å². The third-order valence-electron chi connectivity index (χ3n) is 2.49. The summed E-state index contributed by atoms with van der Waals surface area (Å²) < 4.78 is 24.9. The van der Waals surface area contributed by atoms with Crippen molar-refractivity contribution in [1.29, 1.82) is 0 Å². The molecule has 2 rings (SSSR count). The molecule has 19 heavy (non-hydrogen) atoms. The van der Waals surface area contributed by atoms with Gasteiger partial charge in [0, 0.05) is 6.20 Å². The first kappa shape index (κ1) is 14.1. The van der Waals surface area contributed by atoms with Crippen LogP contribution in [0.1, 0.15) is 18.2 Å². The fourth-order valence-corrected chi connectivity index (χ4v) is 3.26. The first-order valence-electron chi connectivity index (χ1n) is 5.67. The zero-order valence-electron chi connectivity index (χ0n) is 10.5. The summed E-state index contributed by atoms with van der Waals surface area (Å²) in [5, 5.41) is 8.22. The molecule has 0 fully saturated rings. The van der Waals surface area contributed by atoms with E-state index in [0.29, 0.717) is 16.8 Å². The predicted molar refractivity (Wildman–Crippen MR) is 73.3 cm³/mol. The molecule has 0 atom stereocenters. The van der Waals surface area contributed by atoms with Crippen LogP contribution in [-0.4, -0.2) is 28.4 Å². The number of aromatic nitrogens is 4. The van der Waals surface area contributed by atoms with Gasteiger partial charge in [0.05, 0.1) is 6.54 Å². The summed E-state index contributed by atoms with van der Waals surface area (Å²) in [5.41, 5.74) is 1.31. The van der Waals surface area contributed by atoms with Crippen LogP contribution < -0.4 is 0 Å². The minimum atomic E-state index is -3.50. The molecule has 0 aliphatic rings. The van der Waals surface area contributed by atoms with E-state index in [9.17, 15) is 8.42 Å². The van der Waals surface area contributed by atoms with Crippen LogP contribution in [-0.2, 0) is 22.1 Å². The van der Waals surface area contributed by atoms with Crippen molar-refractivity contribution in [2.75, 3.05) is 0 Å². The van der Waals surface area contributed by atoms with Gasteiger partial charge in [-0.15, -0.1) is 5.10 Å². The summed E-state index contributed by atoms with van der Waals surface area (Å²) in [7, 11) is -3.50. The lowest BCUT2D eigenvalue weighted by molar-refractivity contribution is 0.561. The average Bonchev–Trinajstić information content (AvgIpc) is 2.70. The second-order valence-electron chi connectivity index (χ2n) is 4.06. The van der Waals surface area contributed by atoms with E-state index in [2.05, 4.69) is 31.1 Å². The van der Waals surface area contributed by atoms with Crippen molar-refractivity contribution < 1.29 is 8.42 Å². The Morgan fingerprint density at radius 2 is 2.05 bits per heavy atom. The molecule has 0 bridgehead atoms. The summed E-state index contributed by atoms with van der Waals surface area (Å²) in [4.78, 5) is 5.39. The van der Waals surface area contributed by atoms with E-state index in [1.54, 1.807) is 6.07 Å². The van der Waals surface area contributed by atoms with Gasteiger partial charge in [0.2, 0.25) is 9.84 Å². The summed E-state index contributed by atoms with van der Waals surface area (Å²) in [6.07, 6.45) is 1.53. The van der Waals surface area contributed by atoms with Crippen LogP contribution in [0.2, 0.25) is 0 Å². The first-order chi connectivity index (χ1) is 8.92. The van der Waals surface area contributed by atoms with Crippen LogP contribution in [0.5, 0.6) is 0 Å². The number of halogens is 1. The van der Waals surface area contributed by atoms with Gasteiger partial charge in [-0.2, -0.15) is 9.90 Å². The maximum atomic E-state index is 12.2. The van der Waals surface area contributed by atoms with Crippen molar-refractivity contribution >= 4 is 25.8 Å². The van der Waals surface area contributed by atoms with Crippen LogP contribution in [0.3, 0.4) is 0 Å². The van der Waals surface area contributed by atoms with Gasteiger partial charge < -0.3 is 0 Å². The molecule has 0 N–H and O–H groups in total. The predicted octanol–water partition coefficient (Wildman–Crippen LogP) is 1.74. The number of rotatable bonds is 4. The number of hydrogen-bond donors (Lipinski definition) is 0. The Bertz CT molecular complexity index is 679. The van der Waals surface area contributed by atoms with Gasteiger partial charge in [0.1, 0.15) is 11.4 Å². The lowest BCUT2D eigenvalue weighted by atomic mass is 10.3. The minimum Gasteiger partial charge on any atom is -0.244 e. The highest BCUT2D eigenvalue weighted by Gasteiger charge is 2.21. The highest BCUT2D eigenvalue weighted by molar-refractivity contribution is 9.10. The Kier molecular flexibility index (Phi) is 4.00. The molecular formula is C11H13BrN4O2S. The topological polar surface area (TPSA) is 77.7 Å². The Balaban J connectivity index is 2.30. The summed E-state index contributed by atoms with van der Waals surface area (Å²) in [5.74, 6) is -0.219. The van der Waals surface area contributed by atoms with Crippen LogP contribution in [0, 0.1) is 6.92 Å². The lowest BCUT2D eigenvalue weighted by Crippen LogP contribution is -2.08. The molecule has 2 aromatic heterocycles. The van der Waals surface area contributed by atoms with Crippen LogP contribution in [0.15, 0.2) is 28.0 Å². The average molecular weight is 345 g/mol. The normalized spacial score (nSPS) is 11.7. The second-order valence-corrected chi connectivity index (χ2v) is 6.75. The monoisotopic (exact) mass is 344 g/mol. The standard InChI is InChI=1S/C11H13BrN4O2S/c1-3-16-14-9(11(12)15-16)7-19(17,18)10-5-4-8(2)6-13-10/h4-6H,3,7H2,1-2H3. The van der Waals surface area contributed by atoms with E-state index < -0.39 is 9.84 Å². The second kappa shape index (κ2) is 5.38. The largest absolute Gasteiger partial charge is 0.244 e. The van der Waals surface area contributed by atoms with Gasteiger partial charge in [-0.1, -0.05) is 6.07 Å². The molecule has 0 aromatic carbocycles. The molecule has 0 unspecified atom stereocenters. The quantitative estimate of drug-likeness (QED) is 0.843. The number of sulfone groups is 1. The van der Waals surface area contributed by atoms with Crippen molar-refractivity contribution in [2.45, 2.75) is 31.2 Å². The van der Waals surface area contributed by atoms with Gasteiger partial charge in [0.25, 0.3) is 0 Å². The highest BCUT2D eigenvalue weighted by Crippen LogP contribution is 2.18. The fraction of sp³-hybridized carbons (Fsp3) is 0.364. The lowest BCUT2D eigenvalue weighted by Gasteiger charge is -2.02. The Morgan fingerprint density at radius 1 is 1.32 bits per heavy atom. The van der Waals surface area contributed by atoms with Crippen LogP contribution in [0.4, 0.5) is 0 Å². The van der Waals surface area contributed by atoms with Crippen molar-refractivity contribution in [3.05, 3.63) is 34.2 Å². The van der Waals surface area contributed by atoms with Crippen molar-refractivity contribution in [3.8, 4) is 0 Å². The highest BCUT2D eigenvalue weighted by atomic mass is 79.9. The minimum absolute atomic E-state index is 0.0519. The smallest absolute Gasteiger partial charge is 0.201 e. The fourth-order valence-electron chi connectivity index (χ4n) is 1.48. The zero-order valence-corrected chi connectivity index (χ0v) is 12.9. The molecule has 0 aliphatic carbocycles. The van der Waals surface area contributed by atoms with Gasteiger partial charge in [-0.25, -0.2) is 13.4 Å². The molecular weight excluding hydrogens is 332 g/mol.